The van der Waals surface area contributed by atoms with Crippen molar-refractivity contribution in [1.29, 1.82) is 0 Å². The second-order valence-corrected chi connectivity index (χ2v) is 6.77. The number of ether oxygens (including phenoxy) is 1. The predicted octanol–water partition coefficient (Wildman–Crippen LogP) is 3.14. The average molecular weight is 401 g/mol. The van der Waals surface area contributed by atoms with Crippen LogP contribution in [0.2, 0.25) is 0 Å². The zero-order chi connectivity index (χ0) is 15.2. The van der Waals surface area contributed by atoms with Crippen LogP contribution >= 0.6 is 22.6 Å². The van der Waals surface area contributed by atoms with Crippen molar-refractivity contribution in [2.75, 3.05) is 6.61 Å². The summed E-state index contributed by atoms with van der Waals surface area (Å²) >= 11 is 2.13. The normalized spacial score (nSPS) is 21.6. The van der Waals surface area contributed by atoms with Crippen LogP contribution in [0.1, 0.15) is 43.0 Å². The minimum absolute atomic E-state index is 0.211. The molecule has 1 aliphatic rings. The zero-order valence-electron chi connectivity index (χ0n) is 12.1. The van der Waals surface area contributed by atoms with Crippen LogP contribution in [-0.2, 0) is 9.53 Å². The van der Waals surface area contributed by atoms with Gasteiger partial charge in [0.1, 0.15) is 0 Å². The fourth-order valence-electron chi connectivity index (χ4n) is 2.61. The van der Waals surface area contributed by atoms with Gasteiger partial charge in [-0.25, -0.2) is 4.79 Å². The highest BCUT2D eigenvalue weighted by Gasteiger charge is 2.23. The standard InChI is InChI=1S/C16H20INO3/c1-11-5-2-3-8-14(11)18-15(19)10-21-16(20)12-6-4-7-13(17)9-12/h4,6-7,9,11,14H,2-3,5,8,10H2,1H3,(H,18,19)/t11-,14+/m1/s1. The Bertz CT molecular complexity index is 518. The quantitative estimate of drug-likeness (QED) is 0.623. The Balaban J connectivity index is 1.79. The maximum atomic E-state index is 11.9. The SMILES string of the molecule is C[C@@H]1CCCC[C@@H]1NC(=O)COC(=O)c1cccc(I)c1. The third-order valence-corrected chi connectivity index (χ3v) is 4.52. The fraction of sp³-hybridized carbons (Fsp3) is 0.500. The monoisotopic (exact) mass is 401 g/mol. The second kappa shape index (κ2) is 7.77. The first kappa shape index (κ1) is 16.3. The Morgan fingerprint density at radius 1 is 1.33 bits per heavy atom. The molecule has 1 aromatic carbocycles. The smallest absolute Gasteiger partial charge is 0.338 e. The molecular weight excluding hydrogens is 381 g/mol. The molecule has 1 saturated carbocycles. The molecule has 1 amide bonds. The summed E-state index contributed by atoms with van der Waals surface area (Å²) in [5.41, 5.74) is 0.473. The molecule has 114 valence electrons. The topological polar surface area (TPSA) is 55.4 Å². The van der Waals surface area contributed by atoms with Crippen LogP contribution in [0.15, 0.2) is 24.3 Å². The summed E-state index contributed by atoms with van der Waals surface area (Å²) in [6, 6.07) is 7.33. The van der Waals surface area contributed by atoms with E-state index in [-0.39, 0.29) is 18.6 Å². The number of hydrogen-bond donors (Lipinski definition) is 1. The molecular formula is C16H20INO3. The van der Waals surface area contributed by atoms with Gasteiger partial charge < -0.3 is 10.1 Å². The lowest BCUT2D eigenvalue weighted by atomic mass is 9.86. The van der Waals surface area contributed by atoms with E-state index in [0.29, 0.717) is 11.5 Å². The van der Waals surface area contributed by atoms with Gasteiger partial charge in [0.15, 0.2) is 6.61 Å². The highest BCUT2D eigenvalue weighted by molar-refractivity contribution is 14.1. The molecule has 0 aliphatic heterocycles. The van der Waals surface area contributed by atoms with Crippen molar-refractivity contribution in [3.8, 4) is 0 Å². The molecule has 1 fully saturated rings. The van der Waals surface area contributed by atoms with Crippen molar-refractivity contribution in [2.45, 2.75) is 38.6 Å². The van der Waals surface area contributed by atoms with Gasteiger partial charge in [0.25, 0.3) is 5.91 Å². The minimum atomic E-state index is -0.458. The Kier molecular flexibility index (Phi) is 6.02. The first-order valence-electron chi connectivity index (χ1n) is 7.28. The number of nitrogens with one attached hydrogen (secondary N) is 1. The first-order chi connectivity index (χ1) is 10.1. The molecule has 4 nitrogen and oxygen atoms in total. The summed E-state index contributed by atoms with van der Waals surface area (Å²) in [7, 11) is 0. The fourth-order valence-corrected chi connectivity index (χ4v) is 3.15. The van der Waals surface area contributed by atoms with Gasteiger partial charge in [0.05, 0.1) is 5.56 Å². The number of esters is 1. The van der Waals surface area contributed by atoms with Crippen molar-refractivity contribution in [2.24, 2.45) is 5.92 Å². The molecule has 0 radical (unpaired) electrons. The minimum Gasteiger partial charge on any atom is -0.452 e. The molecule has 0 heterocycles. The molecule has 5 heteroatoms. The van der Waals surface area contributed by atoms with E-state index in [9.17, 15) is 9.59 Å². The third-order valence-electron chi connectivity index (χ3n) is 3.85. The summed E-state index contributed by atoms with van der Waals surface area (Å²) in [5, 5.41) is 2.97. The van der Waals surface area contributed by atoms with E-state index >= 15 is 0 Å². The number of rotatable bonds is 4. The summed E-state index contributed by atoms with van der Waals surface area (Å²) in [4.78, 5) is 23.7. The predicted molar refractivity (Wildman–Crippen MR) is 89.0 cm³/mol. The molecule has 0 saturated heterocycles. The molecule has 0 unspecified atom stereocenters. The van der Waals surface area contributed by atoms with E-state index in [2.05, 4.69) is 34.8 Å². The van der Waals surface area contributed by atoms with Crippen molar-refractivity contribution in [3.63, 3.8) is 0 Å². The highest BCUT2D eigenvalue weighted by atomic mass is 127. The van der Waals surface area contributed by atoms with Gasteiger partial charge in [0.2, 0.25) is 0 Å². The third kappa shape index (κ3) is 4.98. The van der Waals surface area contributed by atoms with Crippen LogP contribution in [0.3, 0.4) is 0 Å². The Morgan fingerprint density at radius 2 is 2.10 bits per heavy atom. The number of carbonyl (C=O) groups excluding carboxylic acids is 2. The summed E-state index contributed by atoms with van der Waals surface area (Å²) < 4.78 is 6.03. The van der Waals surface area contributed by atoms with Gasteiger partial charge in [-0.15, -0.1) is 0 Å². The van der Waals surface area contributed by atoms with E-state index in [0.717, 1.165) is 22.8 Å². The number of amides is 1. The van der Waals surface area contributed by atoms with Crippen LogP contribution in [0.5, 0.6) is 0 Å². The number of halogens is 1. The van der Waals surface area contributed by atoms with Crippen molar-refractivity contribution >= 4 is 34.5 Å². The molecule has 0 bridgehead atoms. The summed E-state index contributed by atoms with van der Waals surface area (Å²) in [5.74, 6) is -0.179. The molecule has 0 spiro atoms. The first-order valence-corrected chi connectivity index (χ1v) is 8.36. The van der Waals surface area contributed by atoms with Gasteiger partial charge in [-0.3, -0.25) is 4.79 Å². The lowest BCUT2D eigenvalue weighted by Crippen LogP contribution is -2.42. The van der Waals surface area contributed by atoms with Crippen molar-refractivity contribution in [1.82, 2.24) is 5.32 Å². The lowest BCUT2D eigenvalue weighted by Gasteiger charge is -2.29. The maximum absolute atomic E-state index is 11.9. The van der Waals surface area contributed by atoms with Crippen LogP contribution in [-0.4, -0.2) is 24.5 Å². The van der Waals surface area contributed by atoms with Crippen molar-refractivity contribution in [3.05, 3.63) is 33.4 Å². The summed E-state index contributed by atoms with van der Waals surface area (Å²) in [6.45, 7) is 1.94. The van der Waals surface area contributed by atoms with E-state index in [4.69, 9.17) is 4.74 Å². The van der Waals surface area contributed by atoms with Gasteiger partial charge >= 0.3 is 5.97 Å². The zero-order valence-corrected chi connectivity index (χ0v) is 14.3. The van der Waals surface area contributed by atoms with E-state index in [1.807, 2.05) is 6.07 Å². The maximum Gasteiger partial charge on any atom is 0.338 e. The molecule has 2 atom stereocenters. The molecule has 1 aliphatic carbocycles. The molecule has 2 rings (SSSR count). The largest absolute Gasteiger partial charge is 0.452 e. The lowest BCUT2D eigenvalue weighted by molar-refractivity contribution is -0.125. The van der Waals surface area contributed by atoms with Gasteiger partial charge in [-0.2, -0.15) is 0 Å². The van der Waals surface area contributed by atoms with Crippen LogP contribution in [0.4, 0.5) is 0 Å². The van der Waals surface area contributed by atoms with Crippen LogP contribution in [0.25, 0.3) is 0 Å². The van der Waals surface area contributed by atoms with Gasteiger partial charge in [-0.05, 0) is 59.5 Å². The number of carbonyl (C=O) groups is 2. The number of hydrogen-bond acceptors (Lipinski definition) is 3. The molecule has 0 aromatic heterocycles. The molecule has 1 aromatic rings. The Labute approximate surface area is 138 Å². The summed E-state index contributed by atoms with van der Waals surface area (Å²) in [6.07, 6.45) is 4.54. The van der Waals surface area contributed by atoms with E-state index in [1.54, 1.807) is 18.2 Å². The van der Waals surface area contributed by atoms with E-state index < -0.39 is 5.97 Å². The van der Waals surface area contributed by atoms with Gasteiger partial charge in [0, 0.05) is 9.61 Å². The van der Waals surface area contributed by atoms with E-state index in [1.165, 1.54) is 6.42 Å². The van der Waals surface area contributed by atoms with Gasteiger partial charge in [-0.1, -0.05) is 25.8 Å². The Morgan fingerprint density at radius 3 is 2.81 bits per heavy atom. The van der Waals surface area contributed by atoms with Crippen LogP contribution < -0.4 is 5.32 Å². The highest BCUT2D eigenvalue weighted by Crippen LogP contribution is 2.23. The number of benzene rings is 1. The second-order valence-electron chi connectivity index (χ2n) is 5.52. The van der Waals surface area contributed by atoms with Crippen molar-refractivity contribution < 1.29 is 14.3 Å². The molecule has 21 heavy (non-hydrogen) atoms. The Hall–Kier alpha value is -1.11. The van der Waals surface area contributed by atoms with Crippen LogP contribution in [0, 0.1) is 9.49 Å². The average Bonchev–Trinajstić information content (AvgIpc) is 2.47. The molecule has 1 N–H and O–H groups in total.